The Morgan fingerprint density at radius 2 is 1.52 bits per heavy atom. The van der Waals surface area contributed by atoms with Gasteiger partial charge < -0.3 is 9.80 Å². The first-order valence-corrected chi connectivity index (χ1v) is 13.1. The van der Waals surface area contributed by atoms with Gasteiger partial charge >= 0.3 is 18.5 Å². The number of anilines is 2. The first kappa shape index (κ1) is 29.9. The molecule has 1 fully saturated rings. The number of nitrogens with zero attached hydrogens (tertiary/aromatic N) is 7. The van der Waals surface area contributed by atoms with Crippen LogP contribution in [0.4, 0.5) is 51.1 Å². The van der Waals surface area contributed by atoms with E-state index in [1.807, 2.05) is 4.90 Å². The van der Waals surface area contributed by atoms with Gasteiger partial charge in [-0.05, 0) is 73.6 Å². The average Bonchev–Trinajstić information content (AvgIpc) is 3.62. The summed E-state index contributed by atoms with van der Waals surface area (Å²) in [5.74, 6) is 0.197. The summed E-state index contributed by atoms with van der Waals surface area (Å²) in [5, 5.41) is 11.9. The van der Waals surface area contributed by atoms with Crippen molar-refractivity contribution in [1.29, 1.82) is 0 Å². The Kier molecular flexibility index (Phi) is 7.54. The quantitative estimate of drug-likeness (QED) is 0.290. The van der Waals surface area contributed by atoms with Crippen molar-refractivity contribution in [3.63, 3.8) is 0 Å². The van der Waals surface area contributed by atoms with Crippen LogP contribution in [-0.2, 0) is 32.1 Å². The highest BCUT2D eigenvalue weighted by Gasteiger charge is 2.40. The van der Waals surface area contributed by atoms with Crippen LogP contribution in [0.1, 0.15) is 65.4 Å². The molecule has 1 aliphatic heterocycles. The molecule has 0 spiro atoms. The van der Waals surface area contributed by atoms with Crippen LogP contribution in [0.25, 0.3) is 0 Å². The molecule has 1 aliphatic carbocycles. The molecule has 3 heterocycles. The van der Waals surface area contributed by atoms with Crippen molar-refractivity contribution in [2.24, 2.45) is 13.0 Å². The Bertz CT molecular complexity index is 1410. The molecule has 0 bridgehead atoms. The van der Waals surface area contributed by atoms with Gasteiger partial charge in [0.1, 0.15) is 0 Å². The van der Waals surface area contributed by atoms with Gasteiger partial charge in [-0.15, -0.1) is 5.10 Å². The van der Waals surface area contributed by atoms with Gasteiger partial charge in [0, 0.05) is 19.6 Å². The Labute approximate surface area is 234 Å². The molecule has 2 aliphatic rings. The minimum Gasteiger partial charge on any atom is -0.370 e. The highest BCUT2D eigenvalue weighted by molar-refractivity contribution is 5.58. The molecule has 0 amide bonds. The van der Waals surface area contributed by atoms with Crippen molar-refractivity contribution in [3.8, 4) is 0 Å². The number of hydrogen-bond acceptors (Lipinski definition) is 6. The lowest BCUT2D eigenvalue weighted by atomic mass is 10.0. The van der Waals surface area contributed by atoms with Crippen molar-refractivity contribution in [1.82, 2.24) is 25.2 Å². The highest BCUT2D eigenvalue weighted by Crippen LogP contribution is 2.44. The fourth-order valence-corrected chi connectivity index (χ4v) is 5.25. The molecule has 16 heteroatoms. The Morgan fingerprint density at radius 3 is 2.05 bits per heavy atom. The molecule has 42 heavy (non-hydrogen) atoms. The molecule has 5 rings (SSSR count). The number of aryl methyl sites for hydroxylation is 2. The standard InChI is InChI=1S/C26H26F9N7/c1-14-19(26(33,34)35)11-21-22(36-14)20(4-3-7-41(21)12-15-5-6-15)42(23-37-39-40(2)38-23)13-16-8-17(24(27,28)29)10-18(9-16)25(30,31)32/h8-11,15,20H,3-7,12-13H2,1-2H3. The normalized spacial score (nSPS) is 18.2. The predicted octanol–water partition coefficient (Wildman–Crippen LogP) is 6.73. The largest absolute Gasteiger partial charge is 0.418 e. The molecule has 1 saturated carbocycles. The summed E-state index contributed by atoms with van der Waals surface area (Å²) in [6, 6.07) is 1.42. The summed E-state index contributed by atoms with van der Waals surface area (Å²) in [4.78, 5) is 8.63. The van der Waals surface area contributed by atoms with Crippen LogP contribution in [0.2, 0.25) is 0 Å². The van der Waals surface area contributed by atoms with Crippen LogP contribution in [0.3, 0.4) is 0 Å². The lowest BCUT2D eigenvalue weighted by Crippen LogP contribution is -2.32. The van der Waals surface area contributed by atoms with Crippen LogP contribution in [0.15, 0.2) is 24.3 Å². The number of alkyl halides is 9. The number of hydrogen-bond donors (Lipinski definition) is 0. The van der Waals surface area contributed by atoms with Crippen molar-refractivity contribution in [3.05, 3.63) is 57.9 Å². The zero-order chi connectivity index (χ0) is 30.6. The number of rotatable bonds is 6. The second kappa shape index (κ2) is 10.6. The van der Waals surface area contributed by atoms with E-state index < -0.39 is 47.8 Å². The molecule has 228 valence electrons. The maximum atomic E-state index is 13.9. The summed E-state index contributed by atoms with van der Waals surface area (Å²) in [7, 11) is 1.43. The second-order valence-corrected chi connectivity index (χ2v) is 10.7. The fourth-order valence-electron chi connectivity index (χ4n) is 5.25. The highest BCUT2D eigenvalue weighted by atomic mass is 19.4. The van der Waals surface area contributed by atoms with E-state index >= 15 is 0 Å². The number of fused-ring (bicyclic) bond motifs is 1. The molecule has 2 aromatic heterocycles. The van der Waals surface area contributed by atoms with Crippen LogP contribution in [0.5, 0.6) is 0 Å². The maximum Gasteiger partial charge on any atom is 0.418 e. The van der Waals surface area contributed by atoms with Gasteiger partial charge in [0.2, 0.25) is 0 Å². The second-order valence-electron chi connectivity index (χ2n) is 10.7. The van der Waals surface area contributed by atoms with E-state index in [1.165, 1.54) is 18.9 Å². The van der Waals surface area contributed by atoms with Crippen molar-refractivity contribution in [2.75, 3.05) is 22.9 Å². The smallest absolute Gasteiger partial charge is 0.370 e. The number of benzene rings is 1. The van der Waals surface area contributed by atoms with E-state index in [9.17, 15) is 39.5 Å². The topological polar surface area (TPSA) is 63.0 Å². The number of tetrazole rings is 1. The Hall–Kier alpha value is -3.59. The van der Waals surface area contributed by atoms with Crippen molar-refractivity contribution in [2.45, 2.75) is 63.7 Å². The van der Waals surface area contributed by atoms with E-state index in [2.05, 4.69) is 20.4 Å². The molecule has 1 aromatic carbocycles. The Balaban J connectivity index is 1.65. The Morgan fingerprint density at radius 1 is 0.881 bits per heavy atom. The van der Waals surface area contributed by atoms with Crippen LogP contribution in [-0.4, -0.2) is 38.3 Å². The molecule has 0 radical (unpaired) electrons. The third kappa shape index (κ3) is 6.41. The number of pyridine rings is 1. The first-order chi connectivity index (χ1) is 19.5. The molecule has 0 saturated heterocycles. The van der Waals surface area contributed by atoms with Gasteiger partial charge in [-0.1, -0.05) is 5.10 Å². The third-order valence-electron chi connectivity index (χ3n) is 7.40. The lowest BCUT2D eigenvalue weighted by Gasteiger charge is -2.32. The summed E-state index contributed by atoms with van der Waals surface area (Å²) in [6.07, 6.45) is -12.2. The zero-order valence-electron chi connectivity index (χ0n) is 22.4. The lowest BCUT2D eigenvalue weighted by molar-refractivity contribution is -0.143. The first-order valence-electron chi connectivity index (χ1n) is 13.1. The summed E-state index contributed by atoms with van der Waals surface area (Å²) in [6.45, 7) is 1.59. The van der Waals surface area contributed by atoms with Crippen molar-refractivity contribution >= 4 is 11.6 Å². The summed E-state index contributed by atoms with van der Waals surface area (Å²) in [5.41, 5.74) is -4.09. The van der Waals surface area contributed by atoms with Crippen LogP contribution in [0, 0.1) is 12.8 Å². The van der Waals surface area contributed by atoms with E-state index in [0.29, 0.717) is 37.6 Å². The van der Waals surface area contributed by atoms with Gasteiger partial charge in [0.25, 0.3) is 5.95 Å². The average molecular weight is 608 g/mol. The van der Waals surface area contributed by atoms with E-state index in [0.717, 1.165) is 23.7 Å². The van der Waals surface area contributed by atoms with E-state index in [4.69, 9.17) is 0 Å². The van der Waals surface area contributed by atoms with Gasteiger partial charge in [0.15, 0.2) is 0 Å². The molecular weight excluding hydrogens is 581 g/mol. The molecular formula is C26H26F9N7. The van der Waals surface area contributed by atoms with Gasteiger partial charge in [-0.2, -0.15) is 44.3 Å². The van der Waals surface area contributed by atoms with E-state index in [-0.39, 0.29) is 41.1 Å². The van der Waals surface area contributed by atoms with Gasteiger partial charge in [0.05, 0.1) is 46.9 Å². The minimum atomic E-state index is -5.06. The molecule has 1 unspecified atom stereocenters. The summed E-state index contributed by atoms with van der Waals surface area (Å²) < 4.78 is 123. The monoisotopic (exact) mass is 607 g/mol. The van der Waals surface area contributed by atoms with Crippen molar-refractivity contribution < 1.29 is 39.5 Å². The zero-order valence-corrected chi connectivity index (χ0v) is 22.4. The van der Waals surface area contributed by atoms with E-state index in [1.54, 1.807) is 0 Å². The number of aromatic nitrogens is 5. The minimum absolute atomic E-state index is 0.0364. The molecule has 0 N–H and O–H groups in total. The fraction of sp³-hybridized carbons (Fsp3) is 0.538. The van der Waals surface area contributed by atoms with Gasteiger partial charge in [-0.25, -0.2) is 0 Å². The van der Waals surface area contributed by atoms with Gasteiger partial charge in [-0.3, -0.25) is 4.98 Å². The molecule has 7 nitrogen and oxygen atoms in total. The molecule has 3 aromatic rings. The van der Waals surface area contributed by atoms with Crippen LogP contribution >= 0.6 is 0 Å². The molecule has 1 atom stereocenters. The maximum absolute atomic E-state index is 13.9. The number of halogens is 9. The third-order valence-corrected chi connectivity index (χ3v) is 7.40. The SMILES string of the molecule is Cc1nc2c(cc1C(F)(F)F)N(CC1CC1)CCCC2N(Cc1cc(C(F)(F)F)cc(C(F)(F)F)c1)c1nnn(C)n1. The predicted molar refractivity (Wildman–Crippen MR) is 132 cm³/mol. The summed E-state index contributed by atoms with van der Waals surface area (Å²) >= 11 is 0. The van der Waals surface area contributed by atoms with Crippen LogP contribution < -0.4 is 9.80 Å².